The molecule has 2 atom stereocenters. The summed E-state index contributed by atoms with van der Waals surface area (Å²) in [6.07, 6.45) is 1.12. The highest BCUT2D eigenvalue weighted by Crippen LogP contribution is 2.29. The topological polar surface area (TPSA) is 28.2 Å². The summed E-state index contributed by atoms with van der Waals surface area (Å²) in [7, 11) is 0. The summed E-state index contributed by atoms with van der Waals surface area (Å²) in [5.74, 6) is 2.22. The standard InChI is InChI=1S/C15H24ClN3S/c1-4-7-17-10-14-13(16)5-6-15(18-14)19-8-9-20-12(3)11(19)2/h5-6,11-12,17H,4,7-10H2,1-3H3. The molecule has 1 saturated heterocycles. The number of aromatic nitrogens is 1. The Morgan fingerprint density at radius 3 is 3.00 bits per heavy atom. The highest BCUT2D eigenvalue weighted by atomic mass is 35.5. The predicted molar refractivity (Wildman–Crippen MR) is 90.0 cm³/mol. The second kappa shape index (κ2) is 7.53. The highest BCUT2D eigenvalue weighted by Gasteiger charge is 2.26. The molecule has 0 radical (unpaired) electrons. The zero-order valence-electron chi connectivity index (χ0n) is 12.5. The smallest absolute Gasteiger partial charge is 0.129 e. The van der Waals surface area contributed by atoms with Crippen LogP contribution >= 0.6 is 23.4 Å². The van der Waals surface area contributed by atoms with Gasteiger partial charge in [-0.3, -0.25) is 0 Å². The summed E-state index contributed by atoms with van der Waals surface area (Å²) in [5.41, 5.74) is 0.954. The normalized spacial score (nSPS) is 23.1. The van der Waals surface area contributed by atoms with Crippen molar-refractivity contribution in [3.05, 3.63) is 22.8 Å². The number of pyridine rings is 1. The molecule has 2 rings (SSSR count). The summed E-state index contributed by atoms with van der Waals surface area (Å²) in [5, 5.41) is 4.77. The minimum atomic E-state index is 0.513. The van der Waals surface area contributed by atoms with Crippen molar-refractivity contribution in [2.75, 3.05) is 23.7 Å². The first kappa shape index (κ1) is 15.9. The van der Waals surface area contributed by atoms with Gasteiger partial charge in [-0.15, -0.1) is 0 Å². The van der Waals surface area contributed by atoms with Gasteiger partial charge in [0.2, 0.25) is 0 Å². The molecule has 2 unspecified atom stereocenters. The molecule has 1 fully saturated rings. The molecular formula is C15H24ClN3S. The van der Waals surface area contributed by atoms with Crippen molar-refractivity contribution in [3.63, 3.8) is 0 Å². The molecule has 112 valence electrons. The fraction of sp³-hybridized carbons (Fsp3) is 0.667. The maximum absolute atomic E-state index is 6.25. The van der Waals surface area contributed by atoms with E-state index in [1.807, 2.05) is 23.9 Å². The largest absolute Gasteiger partial charge is 0.352 e. The molecule has 3 nitrogen and oxygen atoms in total. The Labute approximate surface area is 131 Å². The summed E-state index contributed by atoms with van der Waals surface area (Å²) in [6.45, 7) is 9.53. The van der Waals surface area contributed by atoms with Crippen LogP contribution in [0.1, 0.15) is 32.9 Å². The van der Waals surface area contributed by atoms with Crippen LogP contribution in [-0.4, -0.2) is 35.1 Å². The van der Waals surface area contributed by atoms with Gasteiger partial charge in [0.05, 0.1) is 10.7 Å². The van der Waals surface area contributed by atoms with Gasteiger partial charge in [0.25, 0.3) is 0 Å². The van der Waals surface area contributed by atoms with Crippen molar-refractivity contribution in [2.24, 2.45) is 0 Å². The number of nitrogens with zero attached hydrogens (tertiary/aromatic N) is 2. The number of nitrogens with one attached hydrogen (secondary N) is 1. The molecule has 1 aromatic rings. The first-order valence-corrected chi connectivity index (χ1v) is 8.80. The second-order valence-electron chi connectivity index (χ2n) is 5.28. The Morgan fingerprint density at radius 2 is 2.25 bits per heavy atom. The van der Waals surface area contributed by atoms with Gasteiger partial charge in [-0.05, 0) is 32.0 Å². The summed E-state index contributed by atoms with van der Waals surface area (Å²) < 4.78 is 0. The molecule has 2 heterocycles. The summed E-state index contributed by atoms with van der Waals surface area (Å²) in [4.78, 5) is 7.18. The highest BCUT2D eigenvalue weighted by molar-refractivity contribution is 8.00. The third-order valence-electron chi connectivity index (χ3n) is 3.80. The zero-order chi connectivity index (χ0) is 14.5. The van der Waals surface area contributed by atoms with Gasteiger partial charge >= 0.3 is 0 Å². The van der Waals surface area contributed by atoms with Crippen molar-refractivity contribution in [2.45, 2.75) is 45.0 Å². The molecule has 0 spiro atoms. The van der Waals surface area contributed by atoms with Crippen LogP contribution in [0.5, 0.6) is 0 Å². The summed E-state index contributed by atoms with van der Waals surface area (Å²) in [6, 6.07) is 4.54. The molecule has 1 aliphatic rings. The molecule has 0 aromatic carbocycles. The van der Waals surface area contributed by atoms with Gasteiger partial charge < -0.3 is 10.2 Å². The van der Waals surface area contributed by atoms with Crippen LogP contribution < -0.4 is 10.2 Å². The van der Waals surface area contributed by atoms with Gasteiger partial charge in [0, 0.05) is 30.1 Å². The van der Waals surface area contributed by atoms with Crippen LogP contribution in [0.4, 0.5) is 5.82 Å². The Hall–Kier alpha value is -0.450. The van der Waals surface area contributed by atoms with Crippen molar-refractivity contribution in [3.8, 4) is 0 Å². The maximum atomic E-state index is 6.25. The number of anilines is 1. The van der Waals surface area contributed by atoms with Gasteiger partial charge in [-0.1, -0.05) is 25.4 Å². The van der Waals surface area contributed by atoms with Gasteiger partial charge in [-0.2, -0.15) is 11.8 Å². The minimum Gasteiger partial charge on any atom is -0.352 e. The average molecular weight is 314 g/mol. The van der Waals surface area contributed by atoms with Crippen LogP contribution in [0.2, 0.25) is 5.02 Å². The second-order valence-corrected chi connectivity index (χ2v) is 7.18. The van der Waals surface area contributed by atoms with Crippen LogP contribution in [-0.2, 0) is 6.54 Å². The molecule has 0 bridgehead atoms. The number of rotatable bonds is 5. The number of halogens is 1. The van der Waals surface area contributed by atoms with E-state index in [4.69, 9.17) is 16.6 Å². The van der Waals surface area contributed by atoms with E-state index in [-0.39, 0.29) is 0 Å². The number of hydrogen-bond donors (Lipinski definition) is 1. The van der Waals surface area contributed by atoms with Gasteiger partial charge in [0.1, 0.15) is 5.82 Å². The Kier molecular flexibility index (Phi) is 6.00. The SMILES string of the molecule is CCCNCc1nc(N2CCSC(C)C2C)ccc1Cl. The van der Waals surface area contributed by atoms with Crippen LogP contribution in [0.3, 0.4) is 0 Å². The van der Waals surface area contributed by atoms with Crippen molar-refractivity contribution >= 4 is 29.2 Å². The molecule has 1 N–H and O–H groups in total. The van der Waals surface area contributed by atoms with Crippen LogP contribution in [0.25, 0.3) is 0 Å². The molecule has 1 aromatic heterocycles. The van der Waals surface area contributed by atoms with Crippen molar-refractivity contribution in [1.82, 2.24) is 10.3 Å². The molecule has 0 aliphatic carbocycles. The third kappa shape index (κ3) is 3.80. The van der Waals surface area contributed by atoms with Gasteiger partial charge in [0.15, 0.2) is 0 Å². The molecule has 5 heteroatoms. The molecule has 0 saturated carbocycles. The lowest BCUT2D eigenvalue weighted by Crippen LogP contribution is -2.45. The van der Waals surface area contributed by atoms with E-state index >= 15 is 0 Å². The number of thioether (sulfide) groups is 1. The van der Waals surface area contributed by atoms with Crippen LogP contribution in [0.15, 0.2) is 12.1 Å². The summed E-state index contributed by atoms with van der Waals surface area (Å²) >= 11 is 8.29. The zero-order valence-corrected chi connectivity index (χ0v) is 14.1. The van der Waals surface area contributed by atoms with Crippen molar-refractivity contribution < 1.29 is 0 Å². The van der Waals surface area contributed by atoms with E-state index in [1.54, 1.807) is 0 Å². The lowest BCUT2D eigenvalue weighted by atomic mass is 10.2. The monoisotopic (exact) mass is 313 g/mol. The third-order valence-corrected chi connectivity index (χ3v) is 5.48. The van der Waals surface area contributed by atoms with E-state index in [9.17, 15) is 0 Å². The Balaban J connectivity index is 2.13. The fourth-order valence-corrected chi connectivity index (χ4v) is 3.67. The molecule has 20 heavy (non-hydrogen) atoms. The average Bonchev–Trinajstić information content (AvgIpc) is 2.44. The lowest BCUT2D eigenvalue weighted by molar-refractivity contribution is 0.615. The van der Waals surface area contributed by atoms with Crippen molar-refractivity contribution in [1.29, 1.82) is 0 Å². The Morgan fingerprint density at radius 1 is 1.45 bits per heavy atom. The quantitative estimate of drug-likeness (QED) is 0.841. The maximum Gasteiger partial charge on any atom is 0.129 e. The molecule has 1 aliphatic heterocycles. The first-order chi connectivity index (χ1) is 9.63. The predicted octanol–water partition coefficient (Wildman–Crippen LogP) is 3.56. The minimum absolute atomic E-state index is 0.513. The first-order valence-electron chi connectivity index (χ1n) is 7.38. The lowest BCUT2D eigenvalue weighted by Gasteiger charge is -2.38. The molecular weight excluding hydrogens is 290 g/mol. The van der Waals surface area contributed by atoms with E-state index in [0.29, 0.717) is 11.3 Å². The van der Waals surface area contributed by atoms with E-state index in [1.165, 1.54) is 5.75 Å². The molecule has 0 amide bonds. The van der Waals surface area contributed by atoms with E-state index in [0.717, 1.165) is 42.6 Å². The van der Waals surface area contributed by atoms with Crippen LogP contribution in [0, 0.1) is 0 Å². The van der Waals surface area contributed by atoms with E-state index in [2.05, 4.69) is 31.0 Å². The van der Waals surface area contributed by atoms with E-state index < -0.39 is 0 Å². The fourth-order valence-electron chi connectivity index (χ4n) is 2.40. The number of hydrogen-bond acceptors (Lipinski definition) is 4. The Bertz CT molecular complexity index is 441. The van der Waals surface area contributed by atoms with Gasteiger partial charge in [-0.25, -0.2) is 4.98 Å².